The Morgan fingerprint density at radius 1 is 1.60 bits per heavy atom. The van der Waals surface area contributed by atoms with Gasteiger partial charge < -0.3 is 9.73 Å². The monoisotopic (exact) mass is 286 g/mol. The summed E-state index contributed by atoms with van der Waals surface area (Å²) < 4.78 is 6.48. The Kier molecular flexibility index (Phi) is 3.56. The van der Waals surface area contributed by atoms with Gasteiger partial charge in [-0.25, -0.2) is 4.98 Å². The van der Waals surface area contributed by atoms with E-state index in [2.05, 4.69) is 33.2 Å². The summed E-state index contributed by atoms with van der Waals surface area (Å²) in [7, 11) is 0. The topological polar surface area (TPSA) is 38.1 Å². The van der Waals surface area contributed by atoms with E-state index in [1.54, 1.807) is 17.6 Å². The highest BCUT2D eigenvalue weighted by Crippen LogP contribution is 2.28. The van der Waals surface area contributed by atoms with Gasteiger partial charge in [-0.05, 0) is 28.5 Å². The molecule has 0 amide bonds. The summed E-state index contributed by atoms with van der Waals surface area (Å²) in [6, 6.07) is 2.01. The van der Waals surface area contributed by atoms with Gasteiger partial charge in [-0.3, -0.25) is 0 Å². The average Bonchev–Trinajstić information content (AvgIpc) is 2.83. The number of rotatable bonds is 4. The van der Waals surface area contributed by atoms with Crippen LogP contribution in [0.4, 0.5) is 0 Å². The summed E-state index contributed by atoms with van der Waals surface area (Å²) in [5, 5.41) is 5.23. The predicted octanol–water partition coefficient (Wildman–Crippen LogP) is 3.28. The van der Waals surface area contributed by atoms with Crippen LogP contribution in [0.1, 0.15) is 12.6 Å². The van der Waals surface area contributed by atoms with Crippen molar-refractivity contribution in [2.45, 2.75) is 13.5 Å². The van der Waals surface area contributed by atoms with Crippen molar-refractivity contribution in [3.8, 4) is 11.5 Å². The Labute approximate surface area is 101 Å². The van der Waals surface area contributed by atoms with Crippen LogP contribution in [0, 0.1) is 0 Å². The molecule has 0 aliphatic carbocycles. The van der Waals surface area contributed by atoms with E-state index >= 15 is 0 Å². The summed E-state index contributed by atoms with van der Waals surface area (Å²) in [4.78, 5) is 4.39. The van der Waals surface area contributed by atoms with Gasteiger partial charge in [0.1, 0.15) is 6.26 Å². The van der Waals surface area contributed by atoms with Crippen LogP contribution in [-0.2, 0) is 6.54 Å². The largest absolute Gasteiger partial charge is 0.444 e. The van der Waals surface area contributed by atoms with Crippen molar-refractivity contribution in [1.29, 1.82) is 0 Å². The number of oxazole rings is 1. The number of nitrogens with zero attached hydrogens (tertiary/aromatic N) is 1. The fraction of sp³-hybridized carbons (Fsp3) is 0.300. The molecule has 15 heavy (non-hydrogen) atoms. The molecule has 5 heteroatoms. The minimum absolute atomic E-state index is 0.685. The van der Waals surface area contributed by atoms with Crippen molar-refractivity contribution in [2.75, 3.05) is 6.54 Å². The van der Waals surface area contributed by atoms with Gasteiger partial charge in [-0.2, -0.15) is 0 Å². The molecule has 0 radical (unpaired) electrons. The van der Waals surface area contributed by atoms with Crippen LogP contribution in [0.5, 0.6) is 0 Å². The van der Waals surface area contributed by atoms with Gasteiger partial charge in [0, 0.05) is 17.5 Å². The third-order valence-corrected chi connectivity index (χ3v) is 3.43. The zero-order valence-electron chi connectivity index (χ0n) is 8.29. The van der Waals surface area contributed by atoms with Crippen molar-refractivity contribution >= 4 is 27.3 Å². The molecule has 0 aliphatic heterocycles. The smallest absolute Gasteiger partial charge is 0.227 e. The lowest BCUT2D eigenvalue weighted by atomic mass is 10.3. The predicted molar refractivity (Wildman–Crippen MR) is 64.9 cm³/mol. The number of hydrogen-bond acceptors (Lipinski definition) is 4. The van der Waals surface area contributed by atoms with Crippen molar-refractivity contribution in [3.05, 3.63) is 27.2 Å². The molecule has 2 aromatic heterocycles. The van der Waals surface area contributed by atoms with Crippen molar-refractivity contribution in [1.82, 2.24) is 10.3 Å². The average molecular weight is 287 g/mol. The van der Waals surface area contributed by atoms with Crippen LogP contribution >= 0.6 is 27.3 Å². The van der Waals surface area contributed by atoms with E-state index in [0.29, 0.717) is 5.89 Å². The molecule has 1 N–H and O–H groups in total. The lowest BCUT2D eigenvalue weighted by Crippen LogP contribution is -2.11. The van der Waals surface area contributed by atoms with Crippen molar-refractivity contribution in [2.24, 2.45) is 0 Å². The van der Waals surface area contributed by atoms with E-state index in [4.69, 9.17) is 4.42 Å². The van der Waals surface area contributed by atoms with Crippen LogP contribution in [0.25, 0.3) is 11.5 Å². The summed E-state index contributed by atoms with van der Waals surface area (Å²) in [6.07, 6.45) is 1.70. The molecule has 0 aliphatic rings. The Morgan fingerprint density at radius 3 is 3.13 bits per heavy atom. The molecule has 0 bridgehead atoms. The highest BCUT2D eigenvalue weighted by atomic mass is 79.9. The second kappa shape index (κ2) is 4.92. The summed E-state index contributed by atoms with van der Waals surface area (Å²) in [5.41, 5.74) is 1.96. The summed E-state index contributed by atoms with van der Waals surface area (Å²) >= 11 is 5.04. The molecule has 3 nitrogen and oxygen atoms in total. The molecule has 0 atom stereocenters. The van der Waals surface area contributed by atoms with Crippen LogP contribution in [0.2, 0.25) is 0 Å². The molecule has 0 unspecified atom stereocenters. The molecule has 0 spiro atoms. The maximum absolute atomic E-state index is 5.40. The number of nitrogens with one attached hydrogen (secondary N) is 1. The highest BCUT2D eigenvalue weighted by Gasteiger charge is 2.07. The first-order valence-electron chi connectivity index (χ1n) is 4.69. The normalized spacial score (nSPS) is 10.8. The van der Waals surface area contributed by atoms with E-state index in [1.807, 2.05) is 11.4 Å². The number of aromatic nitrogens is 1. The van der Waals surface area contributed by atoms with Gasteiger partial charge in [0.25, 0.3) is 0 Å². The van der Waals surface area contributed by atoms with Gasteiger partial charge in [-0.1, -0.05) is 6.92 Å². The first kappa shape index (κ1) is 10.9. The van der Waals surface area contributed by atoms with Gasteiger partial charge in [-0.15, -0.1) is 11.3 Å². The summed E-state index contributed by atoms with van der Waals surface area (Å²) in [6.45, 7) is 3.76. The van der Waals surface area contributed by atoms with Gasteiger partial charge in [0.15, 0.2) is 0 Å². The Hall–Kier alpha value is -0.650. The third kappa shape index (κ3) is 2.68. The van der Waals surface area contributed by atoms with Gasteiger partial charge >= 0.3 is 0 Å². The maximum atomic E-state index is 5.40. The molecule has 80 valence electrons. The molecular weight excluding hydrogens is 276 g/mol. The lowest BCUT2D eigenvalue weighted by molar-refractivity contribution is 0.571. The van der Waals surface area contributed by atoms with Crippen LogP contribution in [-0.4, -0.2) is 11.5 Å². The minimum Gasteiger partial charge on any atom is -0.444 e. The molecule has 0 saturated carbocycles. The first-order valence-corrected chi connectivity index (χ1v) is 6.36. The molecule has 2 rings (SSSR count). The Balaban J connectivity index is 2.13. The Morgan fingerprint density at radius 2 is 2.47 bits per heavy atom. The zero-order chi connectivity index (χ0) is 10.7. The zero-order valence-corrected chi connectivity index (χ0v) is 10.7. The van der Waals surface area contributed by atoms with Gasteiger partial charge in [0.05, 0.1) is 9.48 Å². The van der Waals surface area contributed by atoms with E-state index in [9.17, 15) is 0 Å². The van der Waals surface area contributed by atoms with Gasteiger partial charge in [0.2, 0.25) is 5.89 Å². The SMILES string of the molecule is CCNCc1coc(-c2csc(Br)c2)n1. The van der Waals surface area contributed by atoms with Crippen molar-refractivity contribution < 1.29 is 4.42 Å². The molecule has 0 fully saturated rings. The van der Waals surface area contributed by atoms with E-state index in [1.165, 1.54) is 0 Å². The molecule has 2 heterocycles. The lowest BCUT2D eigenvalue weighted by Gasteiger charge is -1.93. The second-order valence-electron chi connectivity index (χ2n) is 3.06. The Bertz CT molecular complexity index is 438. The van der Waals surface area contributed by atoms with Crippen molar-refractivity contribution in [3.63, 3.8) is 0 Å². The standard InChI is InChI=1S/C10H11BrN2OS/c1-2-12-4-8-5-14-10(13-8)7-3-9(11)15-6-7/h3,5-6,12H,2,4H2,1H3. The number of halogens is 1. The third-order valence-electron chi connectivity index (χ3n) is 1.92. The molecule has 2 aromatic rings. The second-order valence-corrected chi connectivity index (χ2v) is 5.35. The van der Waals surface area contributed by atoms with E-state index in [-0.39, 0.29) is 0 Å². The highest BCUT2D eigenvalue weighted by molar-refractivity contribution is 9.11. The van der Waals surface area contributed by atoms with Crippen LogP contribution < -0.4 is 5.32 Å². The quantitative estimate of drug-likeness (QED) is 0.937. The van der Waals surface area contributed by atoms with Crippen LogP contribution in [0.3, 0.4) is 0 Å². The minimum atomic E-state index is 0.685. The van der Waals surface area contributed by atoms with E-state index < -0.39 is 0 Å². The number of thiophene rings is 1. The van der Waals surface area contributed by atoms with E-state index in [0.717, 1.165) is 28.1 Å². The summed E-state index contributed by atoms with van der Waals surface area (Å²) in [5.74, 6) is 0.685. The molecule has 0 aromatic carbocycles. The number of hydrogen-bond donors (Lipinski definition) is 1. The fourth-order valence-corrected chi connectivity index (χ4v) is 2.33. The first-order chi connectivity index (χ1) is 7.29. The fourth-order valence-electron chi connectivity index (χ4n) is 1.20. The van der Waals surface area contributed by atoms with Crippen LogP contribution in [0.15, 0.2) is 25.9 Å². The molecule has 0 saturated heterocycles. The molecular formula is C10H11BrN2OS. The maximum Gasteiger partial charge on any atom is 0.227 e.